The van der Waals surface area contributed by atoms with Gasteiger partial charge in [-0.1, -0.05) is 35.9 Å². The fourth-order valence-corrected chi connectivity index (χ4v) is 4.71. The molecule has 2 aromatic heterocycles. The molecule has 1 aromatic carbocycles. The molecule has 1 spiro atoms. The molecule has 0 radical (unpaired) electrons. The molecule has 0 bridgehead atoms. The van der Waals surface area contributed by atoms with Crippen LogP contribution in [0.15, 0.2) is 53.6 Å². The SMILES string of the molecule is Cc1ccc(-c2nnc3n(c2=O)CCC32CCN(Cc3cccnc3)CC2)cc1. The maximum Gasteiger partial charge on any atom is 0.280 e. The summed E-state index contributed by atoms with van der Waals surface area (Å²) in [7, 11) is 0. The molecule has 4 heterocycles. The number of aromatic nitrogens is 4. The van der Waals surface area contributed by atoms with Crippen LogP contribution in [0.1, 0.15) is 36.2 Å². The molecule has 3 aromatic rings. The van der Waals surface area contributed by atoms with E-state index in [0.717, 1.165) is 56.8 Å². The van der Waals surface area contributed by atoms with Gasteiger partial charge in [-0.05, 0) is 50.9 Å². The van der Waals surface area contributed by atoms with Crippen LogP contribution >= 0.6 is 0 Å². The van der Waals surface area contributed by atoms with Gasteiger partial charge < -0.3 is 0 Å². The maximum atomic E-state index is 13.1. The second-order valence-electron chi connectivity index (χ2n) is 8.36. The summed E-state index contributed by atoms with van der Waals surface area (Å²) in [6.07, 6.45) is 6.77. The summed E-state index contributed by atoms with van der Waals surface area (Å²) in [5.74, 6) is 0.888. The van der Waals surface area contributed by atoms with Crippen molar-refractivity contribution in [1.29, 1.82) is 0 Å². The summed E-state index contributed by atoms with van der Waals surface area (Å²) in [6.45, 7) is 5.71. The van der Waals surface area contributed by atoms with Gasteiger partial charge >= 0.3 is 0 Å². The predicted octanol–water partition coefficient (Wildman–Crippen LogP) is 2.95. The van der Waals surface area contributed by atoms with E-state index in [9.17, 15) is 4.79 Å². The molecule has 0 N–H and O–H groups in total. The Labute approximate surface area is 170 Å². The van der Waals surface area contributed by atoms with E-state index in [1.807, 2.05) is 54.2 Å². The molecule has 0 amide bonds. The van der Waals surface area contributed by atoms with E-state index in [2.05, 4.69) is 26.1 Å². The Morgan fingerprint density at radius 1 is 1.00 bits per heavy atom. The predicted molar refractivity (Wildman–Crippen MR) is 112 cm³/mol. The fraction of sp³-hybridized carbons (Fsp3) is 0.391. The van der Waals surface area contributed by atoms with E-state index in [1.54, 1.807) is 0 Å². The van der Waals surface area contributed by atoms with Crippen LogP contribution in [0.5, 0.6) is 0 Å². The van der Waals surface area contributed by atoms with Crippen molar-refractivity contribution in [3.63, 3.8) is 0 Å². The minimum atomic E-state index is -0.0105. The fourth-order valence-electron chi connectivity index (χ4n) is 4.71. The quantitative estimate of drug-likeness (QED) is 0.691. The summed E-state index contributed by atoms with van der Waals surface area (Å²) in [5, 5.41) is 8.97. The van der Waals surface area contributed by atoms with Crippen LogP contribution in [0.3, 0.4) is 0 Å². The maximum absolute atomic E-state index is 13.1. The average Bonchev–Trinajstić information content (AvgIpc) is 3.11. The van der Waals surface area contributed by atoms with Crippen LogP contribution in [-0.4, -0.2) is 37.7 Å². The highest BCUT2D eigenvalue weighted by Gasteiger charge is 2.44. The average molecular weight is 387 g/mol. The molecular formula is C23H25N5O. The highest BCUT2D eigenvalue weighted by Crippen LogP contribution is 2.41. The van der Waals surface area contributed by atoms with E-state index in [0.29, 0.717) is 5.69 Å². The number of hydrogen-bond donors (Lipinski definition) is 0. The monoisotopic (exact) mass is 387 g/mol. The van der Waals surface area contributed by atoms with Crippen molar-refractivity contribution in [2.45, 2.75) is 44.7 Å². The number of likely N-dealkylation sites (tertiary alicyclic amines) is 1. The zero-order valence-electron chi connectivity index (χ0n) is 16.7. The zero-order valence-corrected chi connectivity index (χ0v) is 16.7. The first kappa shape index (κ1) is 18.2. The van der Waals surface area contributed by atoms with Crippen molar-refractivity contribution in [3.05, 3.63) is 76.1 Å². The lowest BCUT2D eigenvalue weighted by atomic mass is 9.76. The Balaban J connectivity index is 1.37. The van der Waals surface area contributed by atoms with Crippen LogP contribution < -0.4 is 5.56 Å². The first-order valence-electron chi connectivity index (χ1n) is 10.3. The lowest BCUT2D eigenvalue weighted by Gasteiger charge is -2.38. The minimum absolute atomic E-state index is 0.00600. The topological polar surface area (TPSA) is 63.9 Å². The first-order chi connectivity index (χ1) is 14.1. The van der Waals surface area contributed by atoms with Gasteiger partial charge in [0.1, 0.15) is 5.82 Å². The Hall–Kier alpha value is -2.86. The zero-order chi connectivity index (χ0) is 19.8. The Morgan fingerprint density at radius 3 is 2.48 bits per heavy atom. The molecule has 5 rings (SSSR count). The lowest BCUT2D eigenvalue weighted by Crippen LogP contribution is -2.42. The molecule has 0 saturated carbocycles. The molecule has 6 nitrogen and oxygen atoms in total. The van der Waals surface area contributed by atoms with Gasteiger partial charge in [0.25, 0.3) is 5.56 Å². The minimum Gasteiger partial charge on any atom is -0.299 e. The summed E-state index contributed by atoms with van der Waals surface area (Å²) in [6, 6.07) is 12.0. The number of fused-ring (bicyclic) bond motifs is 2. The van der Waals surface area contributed by atoms with Gasteiger partial charge in [0.2, 0.25) is 0 Å². The molecular weight excluding hydrogens is 362 g/mol. The van der Waals surface area contributed by atoms with Gasteiger partial charge in [-0.15, -0.1) is 10.2 Å². The van der Waals surface area contributed by atoms with Crippen molar-refractivity contribution in [3.8, 4) is 11.3 Å². The van der Waals surface area contributed by atoms with Crippen molar-refractivity contribution in [2.24, 2.45) is 0 Å². The molecule has 2 aliphatic rings. The van der Waals surface area contributed by atoms with Crippen LogP contribution in [0.25, 0.3) is 11.3 Å². The van der Waals surface area contributed by atoms with E-state index in [-0.39, 0.29) is 11.0 Å². The Bertz CT molecular complexity index is 1070. The first-order valence-corrected chi connectivity index (χ1v) is 10.3. The van der Waals surface area contributed by atoms with E-state index in [1.165, 1.54) is 11.1 Å². The van der Waals surface area contributed by atoms with Gasteiger partial charge in [0.05, 0.1) is 0 Å². The number of pyridine rings is 1. The smallest absolute Gasteiger partial charge is 0.280 e. The normalized spacial score (nSPS) is 18.1. The third-order valence-electron chi connectivity index (χ3n) is 6.50. The molecule has 6 heteroatoms. The molecule has 0 aliphatic carbocycles. The molecule has 1 fully saturated rings. The largest absolute Gasteiger partial charge is 0.299 e. The van der Waals surface area contributed by atoms with Crippen molar-refractivity contribution in [2.75, 3.05) is 13.1 Å². The number of piperidine rings is 1. The van der Waals surface area contributed by atoms with Crippen LogP contribution in [0.2, 0.25) is 0 Å². The summed E-state index contributed by atoms with van der Waals surface area (Å²) in [4.78, 5) is 19.8. The van der Waals surface area contributed by atoms with Crippen molar-refractivity contribution < 1.29 is 0 Å². The van der Waals surface area contributed by atoms with Gasteiger partial charge in [-0.25, -0.2) is 0 Å². The summed E-state index contributed by atoms with van der Waals surface area (Å²) in [5.41, 5.74) is 3.70. The molecule has 0 unspecified atom stereocenters. The molecule has 2 aliphatic heterocycles. The van der Waals surface area contributed by atoms with Crippen molar-refractivity contribution in [1.82, 2.24) is 24.6 Å². The molecule has 1 saturated heterocycles. The van der Waals surface area contributed by atoms with Gasteiger partial charge in [-0.2, -0.15) is 0 Å². The summed E-state index contributed by atoms with van der Waals surface area (Å²) >= 11 is 0. The number of rotatable bonds is 3. The van der Waals surface area contributed by atoms with E-state index in [4.69, 9.17) is 0 Å². The third kappa shape index (κ3) is 3.27. The Kier molecular flexibility index (Phi) is 4.51. The van der Waals surface area contributed by atoms with E-state index < -0.39 is 0 Å². The number of benzene rings is 1. The van der Waals surface area contributed by atoms with Crippen LogP contribution in [0, 0.1) is 6.92 Å². The molecule has 148 valence electrons. The van der Waals surface area contributed by atoms with Crippen LogP contribution in [-0.2, 0) is 18.5 Å². The van der Waals surface area contributed by atoms with Crippen molar-refractivity contribution >= 4 is 0 Å². The lowest BCUT2D eigenvalue weighted by molar-refractivity contribution is 0.149. The highest BCUT2D eigenvalue weighted by atomic mass is 16.1. The standard InChI is InChI=1S/C23H25N5O/c1-17-4-6-19(7-5-17)20-21(29)28-14-10-23(22(28)26-25-20)8-12-27(13-9-23)16-18-3-2-11-24-15-18/h2-7,11,15H,8-10,12-14,16H2,1H3. The van der Waals surface area contributed by atoms with Crippen LogP contribution in [0.4, 0.5) is 0 Å². The Morgan fingerprint density at radius 2 is 1.76 bits per heavy atom. The number of aryl methyl sites for hydroxylation is 1. The highest BCUT2D eigenvalue weighted by molar-refractivity contribution is 5.58. The van der Waals surface area contributed by atoms with Gasteiger partial charge in [-0.3, -0.25) is 19.2 Å². The summed E-state index contributed by atoms with van der Waals surface area (Å²) < 4.78 is 1.87. The number of nitrogens with zero attached hydrogens (tertiary/aromatic N) is 5. The molecule has 29 heavy (non-hydrogen) atoms. The van der Waals surface area contributed by atoms with E-state index >= 15 is 0 Å². The number of hydrogen-bond acceptors (Lipinski definition) is 5. The third-order valence-corrected chi connectivity index (χ3v) is 6.50. The van der Waals surface area contributed by atoms with Gasteiger partial charge in [0, 0.05) is 36.5 Å². The second-order valence-corrected chi connectivity index (χ2v) is 8.36. The van der Waals surface area contributed by atoms with Gasteiger partial charge in [0.15, 0.2) is 5.69 Å². The molecule has 0 atom stereocenters. The second kappa shape index (κ2) is 7.19.